The van der Waals surface area contributed by atoms with Crippen molar-refractivity contribution in [3.05, 3.63) is 36.9 Å². The van der Waals surface area contributed by atoms with E-state index in [-0.39, 0.29) is 36.1 Å². The van der Waals surface area contributed by atoms with E-state index in [0.717, 1.165) is 0 Å². The molecule has 0 saturated carbocycles. The number of aliphatic hydroxyl groups is 1. The van der Waals surface area contributed by atoms with Crippen LogP contribution in [0.4, 0.5) is 5.69 Å². The Bertz CT molecular complexity index is 968. The Labute approximate surface area is 197 Å². The molecular formula is C24H30N2O6S. The van der Waals surface area contributed by atoms with Crippen molar-refractivity contribution in [1.82, 2.24) is 4.90 Å². The first-order valence-corrected chi connectivity index (χ1v) is 12.0. The van der Waals surface area contributed by atoms with Crippen molar-refractivity contribution in [2.24, 2.45) is 17.8 Å². The van der Waals surface area contributed by atoms with Crippen LogP contribution >= 0.6 is 11.8 Å². The smallest absolute Gasteiger partial charge is 0.308 e. The number of carboxylic acid groups (broad SMARTS) is 1. The molecule has 3 aliphatic rings. The summed E-state index contributed by atoms with van der Waals surface area (Å²) in [4.78, 5) is 43.1. The van der Waals surface area contributed by atoms with Gasteiger partial charge in [-0.05, 0) is 43.5 Å². The van der Waals surface area contributed by atoms with Crippen molar-refractivity contribution in [1.29, 1.82) is 0 Å². The number of nitrogens with zero attached hydrogens (tertiary/aromatic N) is 2. The molecule has 0 radical (unpaired) electrons. The maximum Gasteiger partial charge on any atom is 0.308 e. The molecule has 1 aromatic carbocycles. The van der Waals surface area contributed by atoms with Crippen LogP contribution in [0.1, 0.15) is 20.3 Å². The Morgan fingerprint density at radius 2 is 2.06 bits per heavy atom. The van der Waals surface area contributed by atoms with Gasteiger partial charge in [0.1, 0.15) is 11.8 Å². The lowest BCUT2D eigenvalue weighted by Gasteiger charge is -2.41. The molecule has 3 unspecified atom stereocenters. The Hall–Kier alpha value is -2.52. The van der Waals surface area contributed by atoms with Crippen molar-refractivity contribution in [2.75, 3.05) is 25.2 Å². The normalized spacial score (nSPS) is 33.0. The standard InChI is InChI=1S/C24H30N2O6S/c1-5-10-25(15-6-8-16(32-4)9-7-15)22(29)20-24-13(2)11-17(33-24)18(23(30)31)19(24)21(28)26(20)14(3)12-27/h5-9,13-14,17-20,27H,1,10-12H2,2-4H3,(H,30,31)/t13?,14-,17-,18+,19+,20?,24?/m1/s1. The molecule has 1 aromatic rings. The molecule has 0 aliphatic carbocycles. The van der Waals surface area contributed by atoms with Crippen molar-refractivity contribution >= 4 is 35.2 Å². The Morgan fingerprint density at radius 1 is 1.39 bits per heavy atom. The molecule has 4 rings (SSSR count). The number of likely N-dealkylation sites (tertiary alicyclic amines) is 1. The number of aliphatic hydroxyl groups excluding tert-OH is 1. The number of methoxy groups -OCH3 is 1. The SMILES string of the molecule is C=CCN(C(=O)C1N([C@H](C)CO)C(=O)[C@@H]2[C@@H](C(=O)O)[C@H]3CC(C)C12S3)c1ccc(OC)cc1. The van der Waals surface area contributed by atoms with E-state index in [2.05, 4.69) is 6.58 Å². The lowest BCUT2D eigenvalue weighted by atomic mass is 9.66. The fourth-order valence-corrected chi connectivity index (χ4v) is 8.34. The zero-order valence-electron chi connectivity index (χ0n) is 19.0. The van der Waals surface area contributed by atoms with Gasteiger partial charge in [-0.3, -0.25) is 14.4 Å². The Kier molecular flexibility index (Phi) is 6.22. The number of fused-ring (bicyclic) bond motifs is 1. The van der Waals surface area contributed by atoms with E-state index in [0.29, 0.717) is 17.9 Å². The number of hydrogen-bond donors (Lipinski definition) is 2. The molecule has 9 heteroatoms. The fourth-order valence-electron chi connectivity index (χ4n) is 5.94. The molecule has 33 heavy (non-hydrogen) atoms. The number of carboxylic acids is 1. The van der Waals surface area contributed by atoms with E-state index >= 15 is 0 Å². The van der Waals surface area contributed by atoms with E-state index in [4.69, 9.17) is 4.74 Å². The molecule has 178 valence electrons. The van der Waals surface area contributed by atoms with E-state index in [1.807, 2.05) is 6.92 Å². The molecule has 8 nitrogen and oxygen atoms in total. The highest BCUT2D eigenvalue weighted by Gasteiger charge is 2.76. The van der Waals surface area contributed by atoms with Crippen molar-refractivity contribution in [3.63, 3.8) is 0 Å². The lowest BCUT2D eigenvalue weighted by molar-refractivity contribution is -0.149. The van der Waals surface area contributed by atoms with Crippen LogP contribution in [0, 0.1) is 17.8 Å². The number of benzene rings is 1. The topological polar surface area (TPSA) is 107 Å². The first-order valence-electron chi connectivity index (χ1n) is 11.1. The van der Waals surface area contributed by atoms with Crippen molar-refractivity contribution in [3.8, 4) is 5.75 Å². The highest BCUT2D eigenvalue weighted by atomic mass is 32.2. The average molecular weight is 475 g/mol. The maximum atomic E-state index is 14.2. The number of hydrogen-bond acceptors (Lipinski definition) is 6. The second-order valence-corrected chi connectivity index (χ2v) is 10.7. The van der Waals surface area contributed by atoms with Crippen LogP contribution in [0.25, 0.3) is 0 Å². The predicted octanol–water partition coefficient (Wildman–Crippen LogP) is 2.02. The van der Waals surface area contributed by atoms with Crippen LogP contribution in [-0.2, 0) is 14.4 Å². The molecule has 2 N–H and O–H groups in total. The Morgan fingerprint density at radius 3 is 2.61 bits per heavy atom. The summed E-state index contributed by atoms with van der Waals surface area (Å²) in [5.41, 5.74) is 0.629. The fraction of sp³-hybridized carbons (Fsp3) is 0.542. The van der Waals surface area contributed by atoms with E-state index in [1.165, 1.54) is 16.7 Å². The van der Waals surface area contributed by atoms with Crippen molar-refractivity contribution in [2.45, 2.75) is 42.3 Å². The van der Waals surface area contributed by atoms with Gasteiger partial charge in [0.05, 0.1) is 36.3 Å². The third-order valence-electron chi connectivity index (χ3n) is 7.40. The number of aliphatic carboxylic acids is 1. The Balaban J connectivity index is 1.82. The van der Waals surface area contributed by atoms with Gasteiger partial charge in [-0.2, -0.15) is 0 Å². The van der Waals surface area contributed by atoms with Crippen LogP contribution in [-0.4, -0.2) is 75.2 Å². The third kappa shape index (κ3) is 3.35. The number of ether oxygens (including phenoxy) is 1. The molecule has 3 aliphatic heterocycles. The molecule has 2 amide bonds. The van der Waals surface area contributed by atoms with Gasteiger partial charge in [-0.25, -0.2) is 0 Å². The van der Waals surface area contributed by atoms with E-state index < -0.39 is 34.6 Å². The number of anilines is 1. The van der Waals surface area contributed by atoms with E-state index in [9.17, 15) is 24.6 Å². The minimum atomic E-state index is -0.998. The van der Waals surface area contributed by atoms with Crippen molar-refractivity contribution < 1.29 is 29.3 Å². The zero-order chi connectivity index (χ0) is 24.1. The lowest BCUT2D eigenvalue weighted by Crippen LogP contribution is -2.59. The average Bonchev–Trinajstić information content (AvgIpc) is 3.40. The third-order valence-corrected chi connectivity index (χ3v) is 9.48. The largest absolute Gasteiger partial charge is 0.497 e. The second-order valence-electron chi connectivity index (χ2n) is 9.10. The second kappa shape index (κ2) is 8.68. The quantitative estimate of drug-likeness (QED) is 0.555. The number of amides is 2. The van der Waals surface area contributed by atoms with Crippen LogP contribution in [0.15, 0.2) is 36.9 Å². The monoisotopic (exact) mass is 474 g/mol. The van der Waals surface area contributed by atoms with Gasteiger partial charge in [0.25, 0.3) is 5.91 Å². The number of carbonyl (C=O) groups excluding carboxylic acids is 2. The number of rotatable bonds is 8. The first kappa shape index (κ1) is 23.6. The molecule has 0 aromatic heterocycles. The number of carbonyl (C=O) groups is 3. The summed E-state index contributed by atoms with van der Waals surface area (Å²) in [6.07, 6.45) is 2.26. The van der Waals surface area contributed by atoms with Gasteiger partial charge in [0.15, 0.2) is 0 Å². The summed E-state index contributed by atoms with van der Waals surface area (Å²) in [5, 5.41) is 19.7. The van der Waals surface area contributed by atoms with Gasteiger partial charge in [-0.1, -0.05) is 13.0 Å². The van der Waals surface area contributed by atoms with Gasteiger partial charge in [0.2, 0.25) is 5.91 Å². The van der Waals surface area contributed by atoms with Gasteiger partial charge in [-0.15, -0.1) is 18.3 Å². The van der Waals surface area contributed by atoms with Gasteiger partial charge in [0, 0.05) is 17.5 Å². The van der Waals surface area contributed by atoms with Crippen LogP contribution < -0.4 is 9.64 Å². The molecule has 3 heterocycles. The van der Waals surface area contributed by atoms with E-state index in [1.54, 1.807) is 49.3 Å². The summed E-state index contributed by atoms with van der Waals surface area (Å²) in [7, 11) is 1.56. The summed E-state index contributed by atoms with van der Waals surface area (Å²) in [6.45, 7) is 7.40. The first-order chi connectivity index (χ1) is 15.7. The molecule has 3 fully saturated rings. The molecule has 1 spiro atoms. The minimum absolute atomic E-state index is 0.0247. The number of thioether (sulfide) groups is 1. The van der Waals surface area contributed by atoms with Gasteiger partial charge < -0.3 is 24.7 Å². The summed E-state index contributed by atoms with van der Waals surface area (Å²) in [5.74, 6) is -2.64. The van der Waals surface area contributed by atoms with Crippen LogP contribution in [0.2, 0.25) is 0 Å². The molecule has 2 bridgehead atoms. The summed E-state index contributed by atoms with van der Waals surface area (Å²) >= 11 is 1.48. The highest BCUT2D eigenvalue weighted by molar-refractivity contribution is 8.02. The van der Waals surface area contributed by atoms with Gasteiger partial charge >= 0.3 is 5.97 Å². The predicted molar refractivity (Wildman–Crippen MR) is 125 cm³/mol. The summed E-state index contributed by atoms with van der Waals surface area (Å²) < 4.78 is 4.38. The molecule has 3 saturated heterocycles. The minimum Gasteiger partial charge on any atom is -0.497 e. The zero-order valence-corrected chi connectivity index (χ0v) is 19.8. The highest BCUT2D eigenvalue weighted by Crippen LogP contribution is 2.68. The van der Waals surface area contributed by atoms with Crippen LogP contribution in [0.3, 0.4) is 0 Å². The van der Waals surface area contributed by atoms with Crippen LogP contribution in [0.5, 0.6) is 5.75 Å². The maximum absolute atomic E-state index is 14.2. The molecular weight excluding hydrogens is 444 g/mol. The molecule has 7 atom stereocenters. The summed E-state index contributed by atoms with van der Waals surface area (Å²) in [6, 6.07) is 5.56.